The molecule has 0 aliphatic rings. The van der Waals surface area contributed by atoms with Gasteiger partial charge in [-0.3, -0.25) is 0 Å². The predicted molar refractivity (Wildman–Crippen MR) is 186 cm³/mol. The lowest BCUT2D eigenvalue weighted by molar-refractivity contribution is 1.41. The van der Waals surface area contributed by atoms with Gasteiger partial charge in [-0.15, -0.1) is 11.3 Å². The molecule has 0 aliphatic heterocycles. The Hall–Kier alpha value is -5.31. The van der Waals surface area contributed by atoms with E-state index < -0.39 is 0 Å². The Labute approximate surface area is 253 Å². The molecule has 2 aromatic heterocycles. The summed E-state index contributed by atoms with van der Waals surface area (Å²) < 4.78 is 2.67. The number of nitrogens with zero attached hydrogens (tertiary/aromatic N) is 1. The Balaban J connectivity index is 1.17. The van der Waals surface area contributed by atoms with Crippen LogP contribution in [-0.2, 0) is 0 Å². The van der Waals surface area contributed by atoms with Gasteiger partial charge in [-0.2, -0.15) is 0 Å². The lowest BCUT2D eigenvalue weighted by Crippen LogP contribution is -1.89. The predicted octanol–water partition coefficient (Wildman–Crippen LogP) is 11.9. The smallest absolute Gasteiger partial charge is 0.0794 e. The van der Waals surface area contributed by atoms with Crippen LogP contribution in [0.25, 0.3) is 86.1 Å². The second-order valence-corrected chi connectivity index (χ2v) is 12.1. The molecule has 0 aliphatic carbocycles. The van der Waals surface area contributed by atoms with E-state index in [9.17, 15) is 0 Å². The van der Waals surface area contributed by atoms with Crippen LogP contribution in [0.1, 0.15) is 0 Å². The van der Waals surface area contributed by atoms with Gasteiger partial charge in [0.2, 0.25) is 0 Å². The maximum atomic E-state index is 5.25. The average Bonchev–Trinajstić information content (AvgIpc) is 3.48. The number of hydrogen-bond donors (Lipinski definition) is 0. The molecule has 0 amide bonds. The maximum Gasteiger partial charge on any atom is 0.0794 e. The zero-order valence-corrected chi connectivity index (χ0v) is 24.1. The molecule has 9 rings (SSSR count). The summed E-state index contributed by atoms with van der Waals surface area (Å²) >= 11 is 1.90. The van der Waals surface area contributed by atoms with Crippen LogP contribution in [0.5, 0.6) is 0 Å². The standard InChI is InChI=1S/C41H25NS/c1-2-10-26(11-3-1)29-16-8-18-36-37-19-9-17-30(41(37)43-40(29)36)27-20-22-28(23-21-27)38-25-24-35-33-14-5-4-12-31(33)32-13-6-7-15-34(32)39(35)42-38/h1-25H. The van der Waals surface area contributed by atoms with Crippen LogP contribution in [0.4, 0.5) is 0 Å². The topological polar surface area (TPSA) is 12.9 Å². The largest absolute Gasteiger partial charge is 0.247 e. The minimum Gasteiger partial charge on any atom is -0.247 e. The van der Waals surface area contributed by atoms with Crippen LogP contribution in [0.15, 0.2) is 152 Å². The van der Waals surface area contributed by atoms with E-state index in [1.165, 1.54) is 69.4 Å². The highest BCUT2D eigenvalue weighted by Crippen LogP contribution is 2.44. The fourth-order valence-corrected chi connectivity index (χ4v) is 8.00. The van der Waals surface area contributed by atoms with E-state index in [4.69, 9.17) is 4.98 Å². The first-order chi connectivity index (χ1) is 21.3. The van der Waals surface area contributed by atoms with Crippen molar-refractivity contribution >= 4 is 64.0 Å². The van der Waals surface area contributed by atoms with E-state index in [-0.39, 0.29) is 0 Å². The third-order valence-corrected chi connectivity index (χ3v) is 9.97. The summed E-state index contributed by atoms with van der Waals surface area (Å²) in [7, 11) is 0. The van der Waals surface area contributed by atoms with Gasteiger partial charge in [0, 0.05) is 36.5 Å². The molecule has 0 radical (unpaired) electrons. The second kappa shape index (κ2) is 9.62. The molecule has 0 N–H and O–H groups in total. The van der Waals surface area contributed by atoms with Gasteiger partial charge in [0.05, 0.1) is 11.2 Å². The fraction of sp³-hybridized carbons (Fsp3) is 0. The van der Waals surface area contributed by atoms with Crippen LogP contribution >= 0.6 is 11.3 Å². The van der Waals surface area contributed by atoms with E-state index in [1.807, 2.05) is 11.3 Å². The molecule has 0 saturated carbocycles. The summed E-state index contributed by atoms with van der Waals surface area (Å²) in [5, 5.41) is 8.79. The normalized spacial score (nSPS) is 11.7. The van der Waals surface area contributed by atoms with E-state index in [2.05, 4.69) is 152 Å². The van der Waals surface area contributed by atoms with Gasteiger partial charge in [0.25, 0.3) is 0 Å². The molecule has 0 atom stereocenters. The van der Waals surface area contributed by atoms with Crippen molar-refractivity contribution in [3.8, 4) is 33.5 Å². The number of pyridine rings is 1. The van der Waals surface area contributed by atoms with Gasteiger partial charge >= 0.3 is 0 Å². The van der Waals surface area contributed by atoms with Crippen LogP contribution in [0, 0.1) is 0 Å². The molecule has 200 valence electrons. The number of aromatic nitrogens is 1. The number of fused-ring (bicyclic) bond motifs is 9. The van der Waals surface area contributed by atoms with Gasteiger partial charge in [-0.25, -0.2) is 4.98 Å². The lowest BCUT2D eigenvalue weighted by atomic mass is 9.96. The van der Waals surface area contributed by atoms with Gasteiger partial charge in [0.1, 0.15) is 0 Å². The van der Waals surface area contributed by atoms with Crippen molar-refractivity contribution in [3.63, 3.8) is 0 Å². The van der Waals surface area contributed by atoms with Gasteiger partial charge in [0.15, 0.2) is 0 Å². The van der Waals surface area contributed by atoms with Crippen molar-refractivity contribution in [2.45, 2.75) is 0 Å². The van der Waals surface area contributed by atoms with Gasteiger partial charge in [-0.1, -0.05) is 140 Å². The molecule has 43 heavy (non-hydrogen) atoms. The molecule has 2 heteroatoms. The van der Waals surface area contributed by atoms with E-state index >= 15 is 0 Å². The molecule has 2 heterocycles. The SMILES string of the molecule is c1ccc(-c2cccc3c2sc2c(-c4ccc(-c5ccc6c7ccccc7c7ccccc7c6n5)cc4)cccc23)cc1. The monoisotopic (exact) mass is 563 g/mol. The highest BCUT2D eigenvalue weighted by molar-refractivity contribution is 7.26. The number of thiophene rings is 1. The van der Waals surface area contributed by atoms with E-state index in [0.717, 1.165) is 16.8 Å². The third kappa shape index (κ3) is 3.81. The summed E-state index contributed by atoms with van der Waals surface area (Å²) in [4.78, 5) is 5.25. The Morgan fingerprint density at radius 2 is 0.791 bits per heavy atom. The molecule has 0 unspecified atom stereocenters. The summed E-state index contributed by atoms with van der Waals surface area (Å²) in [5.74, 6) is 0. The molecule has 0 fully saturated rings. The van der Waals surface area contributed by atoms with Crippen molar-refractivity contribution in [1.29, 1.82) is 0 Å². The molecule has 0 saturated heterocycles. The summed E-state index contributed by atoms with van der Waals surface area (Å²) in [6.07, 6.45) is 0. The van der Waals surface area contributed by atoms with Crippen molar-refractivity contribution in [2.24, 2.45) is 0 Å². The lowest BCUT2D eigenvalue weighted by Gasteiger charge is -2.11. The zero-order valence-electron chi connectivity index (χ0n) is 23.3. The average molecular weight is 564 g/mol. The Kier molecular flexibility index (Phi) is 5.44. The van der Waals surface area contributed by atoms with Gasteiger partial charge < -0.3 is 0 Å². The highest BCUT2D eigenvalue weighted by Gasteiger charge is 2.15. The van der Waals surface area contributed by atoms with Crippen molar-refractivity contribution in [2.75, 3.05) is 0 Å². The molecule has 0 bridgehead atoms. The summed E-state index contributed by atoms with van der Waals surface area (Å²) in [5.41, 5.74) is 8.22. The molecule has 9 aromatic rings. The van der Waals surface area contributed by atoms with Crippen LogP contribution < -0.4 is 0 Å². The Bertz CT molecular complexity index is 2450. The first kappa shape index (κ1) is 24.3. The zero-order chi connectivity index (χ0) is 28.3. The number of benzene rings is 7. The minimum atomic E-state index is 0.993. The quantitative estimate of drug-likeness (QED) is 0.195. The first-order valence-corrected chi connectivity index (χ1v) is 15.5. The maximum absolute atomic E-state index is 5.25. The third-order valence-electron chi connectivity index (χ3n) is 8.69. The Morgan fingerprint density at radius 1 is 0.326 bits per heavy atom. The van der Waals surface area contributed by atoms with Gasteiger partial charge in [-0.05, 0) is 50.5 Å². The highest BCUT2D eigenvalue weighted by atomic mass is 32.1. The summed E-state index contributed by atoms with van der Waals surface area (Å²) in [6.45, 7) is 0. The van der Waals surface area contributed by atoms with Crippen molar-refractivity contribution < 1.29 is 0 Å². The molecular weight excluding hydrogens is 539 g/mol. The van der Waals surface area contributed by atoms with E-state index in [0.29, 0.717) is 0 Å². The summed E-state index contributed by atoms with van der Waals surface area (Å²) in [6, 6.07) is 54.7. The van der Waals surface area contributed by atoms with Crippen LogP contribution in [0.3, 0.4) is 0 Å². The van der Waals surface area contributed by atoms with Crippen LogP contribution in [0.2, 0.25) is 0 Å². The molecular formula is C41H25NS. The van der Waals surface area contributed by atoms with Crippen molar-refractivity contribution in [3.05, 3.63) is 152 Å². The Morgan fingerprint density at radius 3 is 1.42 bits per heavy atom. The van der Waals surface area contributed by atoms with Crippen LogP contribution in [-0.4, -0.2) is 4.98 Å². The molecule has 1 nitrogen and oxygen atoms in total. The van der Waals surface area contributed by atoms with Crippen molar-refractivity contribution in [1.82, 2.24) is 4.98 Å². The number of rotatable bonds is 3. The second-order valence-electron chi connectivity index (χ2n) is 11.1. The van der Waals surface area contributed by atoms with E-state index in [1.54, 1.807) is 0 Å². The minimum absolute atomic E-state index is 0.993. The fourth-order valence-electron chi connectivity index (χ4n) is 6.63. The molecule has 7 aromatic carbocycles. The first-order valence-electron chi connectivity index (χ1n) is 14.6. The molecule has 0 spiro atoms. The number of hydrogen-bond acceptors (Lipinski definition) is 2.